The van der Waals surface area contributed by atoms with Crippen LogP contribution in [-0.2, 0) is 9.53 Å². The Balaban J connectivity index is 0.00000338. The Bertz CT molecular complexity index is 525. The second-order valence-electron chi connectivity index (χ2n) is 7.32. The number of likely N-dealkylation sites (N-methyl/N-ethyl adjacent to an activating group) is 1. The molecular formula is C21H34ClNO3. The zero-order chi connectivity index (χ0) is 18.3. The topological polar surface area (TPSA) is 49.8 Å². The Morgan fingerprint density at radius 1 is 1.23 bits per heavy atom. The number of esters is 1. The van der Waals surface area contributed by atoms with E-state index < -0.39 is 11.5 Å². The molecule has 1 atom stereocenters. The molecule has 0 saturated heterocycles. The normalized spacial score (nSPS) is 24.0. The lowest BCUT2D eigenvalue weighted by Crippen LogP contribution is -2.44. The highest BCUT2D eigenvalue weighted by Crippen LogP contribution is 2.42. The minimum Gasteiger partial charge on any atom is -0.464 e. The van der Waals surface area contributed by atoms with Gasteiger partial charge in [0.2, 0.25) is 0 Å². The second-order valence-corrected chi connectivity index (χ2v) is 7.32. The summed E-state index contributed by atoms with van der Waals surface area (Å²) in [7, 11) is 0. The van der Waals surface area contributed by atoms with E-state index in [9.17, 15) is 9.90 Å². The van der Waals surface area contributed by atoms with E-state index in [2.05, 4.69) is 25.7 Å². The average Bonchev–Trinajstić information content (AvgIpc) is 2.62. The maximum Gasteiger partial charge on any atom is 0.316 e. The minimum atomic E-state index is -1.000. The molecule has 1 aromatic carbocycles. The van der Waals surface area contributed by atoms with Crippen LogP contribution >= 0.6 is 12.4 Å². The van der Waals surface area contributed by atoms with Gasteiger partial charge in [-0.3, -0.25) is 4.79 Å². The lowest BCUT2D eigenvalue weighted by molar-refractivity contribution is -0.155. The van der Waals surface area contributed by atoms with Crippen LogP contribution in [0.25, 0.3) is 0 Å². The third-order valence-electron chi connectivity index (χ3n) is 5.59. The Hall–Kier alpha value is -1.10. The molecule has 1 saturated carbocycles. The zero-order valence-electron chi connectivity index (χ0n) is 16.3. The van der Waals surface area contributed by atoms with Gasteiger partial charge in [0.25, 0.3) is 0 Å². The monoisotopic (exact) mass is 383 g/mol. The number of ether oxygens (including phenoxy) is 1. The van der Waals surface area contributed by atoms with E-state index in [0.29, 0.717) is 25.4 Å². The third kappa shape index (κ3) is 5.97. The maximum atomic E-state index is 12.9. The van der Waals surface area contributed by atoms with Crippen LogP contribution in [0.15, 0.2) is 30.3 Å². The molecule has 148 valence electrons. The van der Waals surface area contributed by atoms with E-state index in [1.807, 2.05) is 30.3 Å². The fourth-order valence-electron chi connectivity index (χ4n) is 3.76. The van der Waals surface area contributed by atoms with E-state index in [4.69, 9.17) is 4.74 Å². The fraction of sp³-hybridized carbons (Fsp3) is 0.667. The van der Waals surface area contributed by atoms with E-state index in [1.54, 1.807) is 0 Å². The van der Waals surface area contributed by atoms with Gasteiger partial charge in [-0.05, 0) is 50.3 Å². The number of aliphatic hydroxyl groups is 1. The molecule has 4 nitrogen and oxygen atoms in total. The molecule has 1 aliphatic carbocycles. The van der Waals surface area contributed by atoms with Crippen LogP contribution in [0, 0.1) is 5.92 Å². The van der Waals surface area contributed by atoms with Crippen molar-refractivity contribution in [3.05, 3.63) is 35.9 Å². The largest absolute Gasteiger partial charge is 0.464 e. The van der Waals surface area contributed by atoms with Crippen LogP contribution in [0.1, 0.15) is 57.9 Å². The van der Waals surface area contributed by atoms with Crippen molar-refractivity contribution < 1.29 is 14.6 Å². The van der Waals surface area contributed by atoms with Gasteiger partial charge in [0.1, 0.15) is 12.5 Å². The molecule has 0 aliphatic heterocycles. The molecule has 26 heavy (non-hydrogen) atoms. The molecule has 0 aromatic heterocycles. The smallest absolute Gasteiger partial charge is 0.316 e. The standard InChI is InChI=1S/C21H33NO3.ClH/c1-4-22(5-2)15-16-25-20(23)19(18-9-7-6-8-10-18)21(24)13-11-17(3)12-14-21;/h6-10,17,19,24H,4-5,11-16H2,1-3H3;1H. The van der Waals surface area contributed by atoms with Crippen molar-refractivity contribution in [2.75, 3.05) is 26.2 Å². The number of hydrogen-bond donors (Lipinski definition) is 1. The van der Waals surface area contributed by atoms with E-state index in [0.717, 1.165) is 38.0 Å². The summed E-state index contributed by atoms with van der Waals surface area (Å²) in [5.74, 6) is -0.288. The van der Waals surface area contributed by atoms with Crippen LogP contribution in [0.5, 0.6) is 0 Å². The van der Waals surface area contributed by atoms with Gasteiger partial charge in [-0.1, -0.05) is 51.1 Å². The van der Waals surface area contributed by atoms with Crippen LogP contribution in [-0.4, -0.2) is 47.8 Å². The molecule has 5 heteroatoms. The SMILES string of the molecule is CCN(CC)CCOC(=O)C(c1ccccc1)C1(O)CCC(C)CC1.Cl. The van der Waals surface area contributed by atoms with Gasteiger partial charge < -0.3 is 14.7 Å². The zero-order valence-corrected chi connectivity index (χ0v) is 17.1. The van der Waals surface area contributed by atoms with Crippen molar-refractivity contribution in [1.82, 2.24) is 4.90 Å². The van der Waals surface area contributed by atoms with Crippen LogP contribution in [0.3, 0.4) is 0 Å². The van der Waals surface area contributed by atoms with Crippen LogP contribution in [0.2, 0.25) is 0 Å². The first-order chi connectivity index (χ1) is 12.0. The molecule has 1 aromatic rings. The second kappa shape index (κ2) is 10.9. The van der Waals surface area contributed by atoms with E-state index in [1.165, 1.54) is 0 Å². The highest BCUT2D eigenvalue weighted by Gasteiger charge is 2.45. The predicted octanol–water partition coefficient (Wildman–Crippen LogP) is 4.02. The van der Waals surface area contributed by atoms with Gasteiger partial charge in [0.15, 0.2) is 0 Å². The van der Waals surface area contributed by atoms with E-state index >= 15 is 0 Å². The van der Waals surface area contributed by atoms with Gasteiger partial charge in [-0.25, -0.2) is 0 Å². The molecule has 0 radical (unpaired) electrons. The number of hydrogen-bond acceptors (Lipinski definition) is 4. The lowest BCUT2D eigenvalue weighted by atomic mass is 9.70. The van der Waals surface area contributed by atoms with Crippen molar-refractivity contribution >= 4 is 18.4 Å². The molecule has 0 heterocycles. The molecule has 1 unspecified atom stereocenters. The number of benzene rings is 1. The molecule has 0 amide bonds. The summed E-state index contributed by atoms with van der Waals surface area (Å²) in [5.41, 5.74) is -0.146. The summed E-state index contributed by atoms with van der Waals surface area (Å²) >= 11 is 0. The summed E-state index contributed by atoms with van der Waals surface area (Å²) in [6, 6.07) is 9.61. The van der Waals surface area contributed by atoms with Crippen LogP contribution in [0.4, 0.5) is 0 Å². The number of halogens is 1. The Kier molecular flexibility index (Phi) is 9.62. The summed E-state index contributed by atoms with van der Waals surface area (Å²) in [6.07, 6.45) is 3.21. The lowest BCUT2D eigenvalue weighted by Gasteiger charge is -2.40. The Labute approximate surface area is 164 Å². The molecule has 1 N–H and O–H groups in total. The average molecular weight is 384 g/mol. The molecule has 1 fully saturated rings. The predicted molar refractivity (Wildman–Crippen MR) is 108 cm³/mol. The van der Waals surface area contributed by atoms with Gasteiger partial charge in [-0.2, -0.15) is 0 Å². The van der Waals surface area contributed by atoms with Crippen molar-refractivity contribution in [1.29, 1.82) is 0 Å². The van der Waals surface area contributed by atoms with Crippen molar-refractivity contribution in [3.63, 3.8) is 0 Å². The quantitative estimate of drug-likeness (QED) is 0.689. The highest BCUT2D eigenvalue weighted by atomic mass is 35.5. The molecule has 0 spiro atoms. The maximum absolute atomic E-state index is 12.9. The summed E-state index contributed by atoms with van der Waals surface area (Å²) < 4.78 is 5.60. The number of nitrogens with zero attached hydrogens (tertiary/aromatic N) is 1. The number of carbonyl (C=O) groups is 1. The number of carbonyl (C=O) groups excluding carboxylic acids is 1. The van der Waals surface area contributed by atoms with Gasteiger partial charge in [-0.15, -0.1) is 12.4 Å². The summed E-state index contributed by atoms with van der Waals surface area (Å²) in [6.45, 7) is 9.40. The minimum absolute atomic E-state index is 0. The highest BCUT2D eigenvalue weighted by molar-refractivity contribution is 5.85. The van der Waals surface area contributed by atoms with E-state index in [-0.39, 0.29) is 18.4 Å². The first-order valence-electron chi connectivity index (χ1n) is 9.66. The summed E-state index contributed by atoms with van der Waals surface area (Å²) in [5, 5.41) is 11.3. The third-order valence-corrected chi connectivity index (χ3v) is 5.59. The molecule has 2 rings (SSSR count). The van der Waals surface area contributed by atoms with Crippen molar-refractivity contribution in [2.24, 2.45) is 5.92 Å². The van der Waals surface area contributed by atoms with Crippen molar-refractivity contribution in [2.45, 2.75) is 58.0 Å². The summed E-state index contributed by atoms with van der Waals surface area (Å²) in [4.78, 5) is 15.1. The van der Waals surface area contributed by atoms with Gasteiger partial charge >= 0.3 is 5.97 Å². The number of rotatable bonds is 8. The Morgan fingerprint density at radius 3 is 2.35 bits per heavy atom. The Morgan fingerprint density at radius 2 is 1.81 bits per heavy atom. The van der Waals surface area contributed by atoms with Gasteiger partial charge in [0.05, 0.1) is 5.60 Å². The van der Waals surface area contributed by atoms with Crippen LogP contribution < -0.4 is 0 Å². The van der Waals surface area contributed by atoms with Crippen molar-refractivity contribution in [3.8, 4) is 0 Å². The first kappa shape index (κ1) is 22.9. The molecule has 1 aliphatic rings. The molecular weight excluding hydrogens is 350 g/mol. The van der Waals surface area contributed by atoms with Gasteiger partial charge in [0, 0.05) is 6.54 Å². The first-order valence-corrected chi connectivity index (χ1v) is 9.66. The fourth-order valence-corrected chi connectivity index (χ4v) is 3.76. The molecule has 0 bridgehead atoms.